The van der Waals surface area contributed by atoms with Gasteiger partial charge in [-0.15, -0.1) is 0 Å². The van der Waals surface area contributed by atoms with Gasteiger partial charge in [-0.05, 0) is 36.5 Å². The normalized spacial score (nSPS) is 21.6. The van der Waals surface area contributed by atoms with Gasteiger partial charge in [0.05, 0.1) is 0 Å². The first-order chi connectivity index (χ1) is 8.72. The molecule has 1 aliphatic carbocycles. The highest BCUT2D eigenvalue weighted by Crippen LogP contribution is 2.47. The van der Waals surface area contributed by atoms with Crippen LogP contribution in [0, 0.1) is 5.92 Å². The molecule has 1 amide bonds. The average molecular weight is 247 g/mol. The minimum atomic E-state index is 0.135. The molecular weight excluding hydrogens is 226 g/mol. The Kier molecular flexibility index (Phi) is 4.24. The van der Waals surface area contributed by atoms with E-state index < -0.39 is 0 Å². The highest BCUT2D eigenvalue weighted by Gasteiger charge is 2.43. The predicted molar refractivity (Wildman–Crippen MR) is 71.5 cm³/mol. The lowest BCUT2D eigenvalue weighted by Gasteiger charge is -2.04. The first-order valence-corrected chi connectivity index (χ1v) is 6.79. The molecule has 1 aliphatic rings. The van der Waals surface area contributed by atoms with E-state index in [1.807, 2.05) is 12.1 Å². The second-order valence-corrected chi connectivity index (χ2v) is 5.04. The van der Waals surface area contributed by atoms with E-state index >= 15 is 0 Å². The third kappa shape index (κ3) is 3.25. The molecule has 1 fully saturated rings. The Labute approximate surface area is 108 Å². The summed E-state index contributed by atoms with van der Waals surface area (Å²) in [5.41, 5.74) is 1.15. The van der Waals surface area contributed by atoms with Crippen molar-refractivity contribution in [3.05, 3.63) is 29.8 Å². The predicted octanol–water partition coefficient (Wildman–Crippen LogP) is 2.80. The van der Waals surface area contributed by atoms with Crippen LogP contribution in [0.2, 0.25) is 0 Å². The number of aromatic hydroxyl groups is 1. The number of nitrogens with one attached hydrogen (secondary N) is 1. The minimum Gasteiger partial charge on any atom is -0.508 e. The van der Waals surface area contributed by atoms with Crippen LogP contribution in [0.1, 0.15) is 44.1 Å². The lowest BCUT2D eigenvalue weighted by Crippen LogP contribution is -2.26. The summed E-state index contributed by atoms with van der Waals surface area (Å²) in [6.45, 7) is 2.95. The van der Waals surface area contributed by atoms with E-state index in [1.54, 1.807) is 12.1 Å². The van der Waals surface area contributed by atoms with Gasteiger partial charge in [0.15, 0.2) is 0 Å². The number of carbonyl (C=O) groups is 1. The van der Waals surface area contributed by atoms with Gasteiger partial charge >= 0.3 is 0 Å². The van der Waals surface area contributed by atoms with E-state index in [1.165, 1.54) is 12.8 Å². The molecule has 1 aromatic carbocycles. The summed E-state index contributed by atoms with van der Waals surface area (Å²) < 4.78 is 0. The summed E-state index contributed by atoms with van der Waals surface area (Å²) in [7, 11) is 0. The van der Waals surface area contributed by atoms with Gasteiger partial charge < -0.3 is 10.4 Å². The van der Waals surface area contributed by atoms with E-state index in [2.05, 4.69) is 12.2 Å². The summed E-state index contributed by atoms with van der Waals surface area (Å²) in [5, 5.41) is 12.2. The summed E-state index contributed by atoms with van der Waals surface area (Å²) in [5.74, 6) is 0.942. The highest BCUT2D eigenvalue weighted by atomic mass is 16.3. The number of phenols is 1. The third-order valence-electron chi connectivity index (χ3n) is 3.53. The fourth-order valence-corrected chi connectivity index (χ4v) is 2.29. The van der Waals surface area contributed by atoms with Crippen LogP contribution >= 0.6 is 0 Å². The number of hydrogen-bond acceptors (Lipinski definition) is 2. The molecular formula is C15H21NO2. The zero-order valence-electron chi connectivity index (χ0n) is 10.9. The lowest BCUT2D eigenvalue weighted by molar-refractivity contribution is -0.122. The number of amides is 1. The van der Waals surface area contributed by atoms with Gasteiger partial charge in [-0.25, -0.2) is 0 Å². The smallest absolute Gasteiger partial charge is 0.223 e. The average Bonchev–Trinajstić information content (AvgIpc) is 3.15. The van der Waals surface area contributed by atoms with Gasteiger partial charge in [-0.3, -0.25) is 4.79 Å². The molecule has 0 aliphatic heterocycles. The maximum Gasteiger partial charge on any atom is 0.223 e. The fraction of sp³-hybridized carbons (Fsp3) is 0.533. The van der Waals surface area contributed by atoms with E-state index in [0.29, 0.717) is 5.92 Å². The Morgan fingerprint density at radius 2 is 2.06 bits per heavy atom. The second-order valence-electron chi connectivity index (χ2n) is 5.04. The molecule has 18 heavy (non-hydrogen) atoms. The Hall–Kier alpha value is -1.51. The number of phenolic OH excluding ortho intramolecular Hbond substituents is 1. The Bertz CT molecular complexity index is 399. The van der Waals surface area contributed by atoms with Crippen molar-refractivity contribution in [2.45, 2.75) is 38.5 Å². The van der Waals surface area contributed by atoms with Crippen LogP contribution in [-0.2, 0) is 4.79 Å². The van der Waals surface area contributed by atoms with Gasteiger partial charge in [0.25, 0.3) is 0 Å². The molecule has 0 heterocycles. The molecule has 3 heteroatoms. The summed E-state index contributed by atoms with van der Waals surface area (Å²) >= 11 is 0. The van der Waals surface area contributed by atoms with Gasteiger partial charge in [0.2, 0.25) is 5.91 Å². The topological polar surface area (TPSA) is 49.3 Å². The van der Waals surface area contributed by atoms with Crippen LogP contribution < -0.4 is 5.32 Å². The van der Waals surface area contributed by atoms with Crippen LogP contribution in [0.4, 0.5) is 0 Å². The second kappa shape index (κ2) is 5.89. The maximum absolute atomic E-state index is 11.9. The molecule has 1 saturated carbocycles. The van der Waals surface area contributed by atoms with E-state index in [0.717, 1.165) is 24.9 Å². The van der Waals surface area contributed by atoms with Crippen LogP contribution in [0.5, 0.6) is 5.75 Å². The van der Waals surface area contributed by atoms with E-state index in [9.17, 15) is 9.90 Å². The van der Waals surface area contributed by atoms with E-state index in [-0.39, 0.29) is 17.6 Å². The first-order valence-electron chi connectivity index (χ1n) is 6.79. The standard InChI is InChI=1S/C15H21NO2/c1-2-3-4-9-16-15(18)14-10-13(14)11-5-7-12(17)8-6-11/h5-8,13-14,17H,2-4,9-10H2,1H3,(H,16,18). The van der Waals surface area contributed by atoms with Crippen molar-refractivity contribution < 1.29 is 9.90 Å². The van der Waals surface area contributed by atoms with Crippen molar-refractivity contribution in [1.29, 1.82) is 0 Å². The lowest BCUT2D eigenvalue weighted by atomic mass is 10.1. The number of carbonyl (C=O) groups excluding carboxylic acids is 1. The largest absolute Gasteiger partial charge is 0.508 e. The van der Waals surface area contributed by atoms with Crippen molar-refractivity contribution in [2.75, 3.05) is 6.54 Å². The molecule has 3 nitrogen and oxygen atoms in total. The Balaban J connectivity index is 1.76. The summed E-state index contributed by atoms with van der Waals surface area (Å²) in [6.07, 6.45) is 4.35. The van der Waals surface area contributed by atoms with Gasteiger partial charge in [0.1, 0.15) is 5.75 Å². The fourth-order valence-electron chi connectivity index (χ4n) is 2.29. The molecule has 2 unspecified atom stereocenters. The van der Waals surface area contributed by atoms with E-state index in [4.69, 9.17) is 0 Å². The third-order valence-corrected chi connectivity index (χ3v) is 3.53. The summed E-state index contributed by atoms with van der Waals surface area (Å²) in [6, 6.07) is 7.18. The molecule has 0 saturated heterocycles. The van der Waals surface area contributed by atoms with Crippen LogP contribution in [-0.4, -0.2) is 17.6 Å². The maximum atomic E-state index is 11.9. The SMILES string of the molecule is CCCCCNC(=O)C1CC1c1ccc(O)cc1. The molecule has 2 rings (SSSR count). The molecule has 2 N–H and O–H groups in total. The van der Waals surface area contributed by atoms with Gasteiger partial charge in [-0.2, -0.15) is 0 Å². The Morgan fingerprint density at radius 3 is 2.72 bits per heavy atom. The number of rotatable bonds is 6. The molecule has 0 aromatic heterocycles. The van der Waals surface area contributed by atoms with Crippen molar-refractivity contribution in [3.63, 3.8) is 0 Å². The summed E-state index contributed by atoms with van der Waals surface area (Å²) in [4.78, 5) is 11.9. The van der Waals surface area contributed by atoms with Crippen LogP contribution in [0.15, 0.2) is 24.3 Å². The minimum absolute atomic E-state index is 0.135. The molecule has 0 radical (unpaired) electrons. The Morgan fingerprint density at radius 1 is 1.33 bits per heavy atom. The van der Waals surface area contributed by atoms with Gasteiger partial charge in [-0.1, -0.05) is 31.9 Å². The van der Waals surface area contributed by atoms with Crippen LogP contribution in [0.25, 0.3) is 0 Å². The van der Waals surface area contributed by atoms with Crippen LogP contribution in [0.3, 0.4) is 0 Å². The van der Waals surface area contributed by atoms with Crippen molar-refractivity contribution in [3.8, 4) is 5.75 Å². The number of unbranched alkanes of at least 4 members (excludes halogenated alkanes) is 2. The van der Waals surface area contributed by atoms with Crippen molar-refractivity contribution in [2.24, 2.45) is 5.92 Å². The van der Waals surface area contributed by atoms with Crippen molar-refractivity contribution >= 4 is 5.91 Å². The van der Waals surface area contributed by atoms with Gasteiger partial charge in [0, 0.05) is 12.5 Å². The highest BCUT2D eigenvalue weighted by molar-refractivity contribution is 5.82. The zero-order valence-corrected chi connectivity index (χ0v) is 10.9. The molecule has 0 spiro atoms. The van der Waals surface area contributed by atoms with Crippen molar-refractivity contribution in [1.82, 2.24) is 5.32 Å². The number of benzene rings is 1. The molecule has 1 aromatic rings. The quantitative estimate of drug-likeness (QED) is 0.759. The molecule has 98 valence electrons. The monoisotopic (exact) mass is 247 g/mol. The molecule has 0 bridgehead atoms. The molecule has 2 atom stereocenters. The zero-order chi connectivity index (χ0) is 13.0. The first kappa shape index (κ1) is 12.9. The number of hydrogen-bond donors (Lipinski definition) is 2.